The molecule has 1 heterocycles. The van der Waals surface area contributed by atoms with Gasteiger partial charge in [0, 0.05) is 12.6 Å². The summed E-state index contributed by atoms with van der Waals surface area (Å²) < 4.78 is 5.23. The van der Waals surface area contributed by atoms with Crippen molar-refractivity contribution in [3.05, 3.63) is 24.2 Å². The highest BCUT2D eigenvalue weighted by molar-refractivity contribution is 5.78. The molecule has 3 atom stereocenters. The molecule has 6 nitrogen and oxygen atoms in total. The minimum absolute atomic E-state index is 0.0618. The Kier molecular flexibility index (Phi) is 6.70. The van der Waals surface area contributed by atoms with Gasteiger partial charge in [-0.2, -0.15) is 0 Å². The summed E-state index contributed by atoms with van der Waals surface area (Å²) in [6.07, 6.45) is 1.00. The van der Waals surface area contributed by atoms with Crippen LogP contribution in [0.4, 0.5) is 0 Å². The molecule has 0 unspecified atom stereocenters. The minimum atomic E-state index is -0.556. The molecule has 0 aliphatic heterocycles. The number of amides is 1. The Morgan fingerprint density at radius 2 is 2.15 bits per heavy atom. The second-order valence-electron chi connectivity index (χ2n) is 5.11. The van der Waals surface area contributed by atoms with Crippen LogP contribution in [-0.2, 0) is 4.79 Å². The molecule has 0 aliphatic rings. The maximum Gasteiger partial charge on any atom is 0.234 e. The molecule has 0 radical (unpaired) electrons. The number of carbonyl (C=O) groups excluding carboxylic acids is 1. The van der Waals surface area contributed by atoms with Crippen LogP contribution in [0.3, 0.4) is 0 Å². The number of aliphatic hydroxyl groups excluding tert-OH is 2. The average molecular weight is 284 g/mol. The fourth-order valence-corrected chi connectivity index (χ4v) is 1.94. The van der Waals surface area contributed by atoms with Crippen molar-refractivity contribution in [2.45, 2.75) is 39.0 Å². The predicted molar refractivity (Wildman–Crippen MR) is 75.1 cm³/mol. The van der Waals surface area contributed by atoms with E-state index < -0.39 is 6.10 Å². The van der Waals surface area contributed by atoms with Gasteiger partial charge < -0.3 is 19.9 Å². The molecule has 6 heteroatoms. The molecular weight excluding hydrogens is 260 g/mol. The highest BCUT2D eigenvalue weighted by atomic mass is 16.3. The zero-order chi connectivity index (χ0) is 15.1. The van der Waals surface area contributed by atoms with Crippen LogP contribution in [-0.4, -0.2) is 52.9 Å². The van der Waals surface area contributed by atoms with Crippen LogP contribution in [0.2, 0.25) is 0 Å². The average Bonchev–Trinajstić information content (AvgIpc) is 2.90. The number of nitrogens with one attached hydrogen (secondary N) is 1. The smallest absolute Gasteiger partial charge is 0.234 e. The molecule has 0 saturated heterocycles. The van der Waals surface area contributed by atoms with E-state index in [4.69, 9.17) is 4.42 Å². The summed E-state index contributed by atoms with van der Waals surface area (Å²) in [5.41, 5.74) is 0. The third-order valence-corrected chi connectivity index (χ3v) is 3.08. The first-order valence-corrected chi connectivity index (χ1v) is 6.79. The van der Waals surface area contributed by atoms with Gasteiger partial charge >= 0.3 is 0 Å². The van der Waals surface area contributed by atoms with Gasteiger partial charge in [-0.1, -0.05) is 0 Å². The first kappa shape index (κ1) is 16.7. The van der Waals surface area contributed by atoms with Gasteiger partial charge in [0.25, 0.3) is 0 Å². The van der Waals surface area contributed by atoms with Gasteiger partial charge in [-0.25, -0.2) is 0 Å². The Bertz CT molecular complexity index is 392. The fraction of sp³-hybridized carbons (Fsp3) is 0.643. The molecule has 20 heavy (non-hydrogen) atoms. The molecule has 0 bridgehead atoms. The van der Waals surface area contributed by atoms with Gasteiger partial charge in [0.1, 0.15) is 5.76 Å². The van der Waals surface area contributed by atoms with Crippen molar-refractivity contribution >= 4 is 5.91 Å². The van der Waals surface area contributed by atoms with Crippen molar-refractivity contribution in [1.82, 2.24) is 10.2 Å². The molecule has 1 amide bonds. The van der Waals surface area contributed by atoms with E-state index in [0.29, 0.717) is 12.3 Å². The fourth-order valence-electron chi connectivity index (χ4n) is 1.94. The highest BCUT2D eigenvalue weighted by Crippen LogP contribution is 2.12. The lowest BCUT2D eigenvalue weighted by molar-refractivity contribution is -0.124. The predicted octanol–water partition coefficient (Wildman–Crippen LogP) is 0.520. The van der Waals surface area contributed by atoms with Crippen molar-refractivity contribution in [3.8, 4) is 0 Å². The molecule has 0 aromatic carbocycles. The van der Waals surface area contributed by atoms with E-state index in [1.54, 1.807) is 30.2 Å². The van der Waals surface area contributed by atoms with Crippen LogP contribution >= 0.6 is 0 Å². The molecule has 3 N–H and O–H groups in total. The summed E-state index contributed by atoms with van der Waals surface area (Å²) >= 11 is 0. The number of carbonyl (C=O) groups is 1. The molecule has 0 aliphatic carbocycles. The van der Waals surface area contributed by atoms with Crippen LogP contribution in [0, 0.1) is 0 Å². The topological polar surface area (TPSA) is 85.9 Å². The first-order valence-electron chi connectivity index (χ1n) is 6.79. The van der Waals surface area contributed by atoms with Gasteiger partial charge in [0.2, 0.25) is 5.91 Å². The van der Waals surface area contributed by atoms with Crippen molar-refractivity contribution in [3.63, 3.8) is 0 Å². The molecule has 0 spiro atoms. The molecule has 0 saturated carbocycles. The van der Waals surface area contributed by atoms with Gasteiger partial charge in [-0.3, -0.25) is 9.69 Å². The maximum absolute atomic E-state index is 12.0. The number of nitrogens with zero attached hydrogens (tertiary/aromatic N) is 1. The van der Waals surface area contributed by atoms with E-state index in [2.05, 4.69) is 5.32 Å². The Hall–Kier alpha value is -1.37. The van der Waals surface area contributed by atoms with E-state index in [0.717, 1.165) is 0 Å². The van der Waals surface area contributed by atoms with Gasteiger partial charge in [-0.15, -0.1) is 0 Å². The minimum Gasteiger partial charge on any atom is -0.467 e. The lowest BCUT2D eigenvalue weighted by Crippen LogP contribution is -2.46. The molecule has 1 aromatic rings. The number of furan rings is 1. The van der Waals surface area contributed by atoms with Gasteiger partial charge in [-0.05, 0) is 32.9 Å². The van der Waals surface area contributed by atoms with E-state index in [-0.39, 0.29) is 31.1 Å². The second kappa shape index (κ2) is 8.04. The van der Waals surface area contributed by atoms with Crippen LogP contribution < -0.4 is 5.32 Å². The number of hydrogen-bond acceptors (Lipinski definition) is 5. The first-order chi connectivity index (χ1) is 9.43. The number of aliphatic hydroxyl groups is 2. The zero-order valence-electron chi connectivity index (χ0n) is 12.2. The molecule has 1 aromatic heterocycles. The van der Waals surface area contributed by atoms with E-state index in [9.17, 15) is 15.0 Å². The Morgan fingerprint density at radius 3 is 2.65 bits per heavy atom. The Morgan fingerprint density at radius 1 is 1.45 bits per heavy atom. The summed E-state index contributed by atoms with van der Waals surface area (Å²) in [7, 11) is 0. The second-order valence-corrected chi connectivity index (χ2v) is 5.11. The Labute approximate surface area is 119 Å². The third kappa shape index (κ3) is 5.32. The molecule has 114 valence electrons. The van der Waals surface area contributed by atoms with Crippen molar-refractivity contribution < 1.29 is 19.4 Å². The molecule has 0 fully saturated rings. The van der Waals surface area contributed by atoms with Crippen molar-refractivity contribution in [1.29, 1.82) is 0 Å². The summed E-state index contributed by atoms with van der Waals surface area (Å²) in [5.74, 6) is 0.519. The highest BCUT2D eigenvalue weighted by Gasteiger charge is 2.20. The number of rotatable bonds is 8. The summed E-state index contributed by atoms with van der Waals surface area (Å²) in [5, 5.41) is 21.5. The summed E-state index contributed by atoms with van der Waals surface area (Å²) in [6, 6.07) is 3.17. The van der Waals surface area contributed by atoms with Crippen LogP contribution in [0.15, 0.2) is 22.8 Å². The normalized spacial score (nSPS) is 15.9. The monoisotopic (exact) mass is 284 g/mol. The van der Waals surface area contributed by atoms with Crippen LogP contribution in [0.5, 0.6) is 0 Å². The van der Waals surface area contributed by atoms with Crippen LogP contribution in [0.25, 0.3) is 0 Å². The zero-order valence-corrected chi connectivity index (χ0v) is 12.2. The van der Waals surface area contributed by atoms with Crippen molar-refractivity contribution in [2.75, 3.05) is 19.7 Å². The lowest BCUT2D eigenvalue weighted by Gasteiger charge is -2.28. The standard InChI is InChI=1S/C14H24N2O4/c1-10(9-17)16(7-11(2)18)8-14(19)15-12(3)13-5-4-6-20-13/h4-6,10-12,17-18H,7-9H2,1-3H3,(H,15,19)/t10-,11-,12-/m0/s1. The van der Waals surface area contributed by atoms with Crippen LogP contribution in [0.1, 0.15) is 32.6 Å². The van der Waals surface area contributed by atoms with E-state index in [1.165, 1.54) is 0 Å². The van der Waals surface area contributed by atoms with Crippen molar-refractivity contribution in [2.24, 2.45) is 0 Å². The lowest BCUT2D eigenvalue weighted by atomic mass is 10.2. The van der Waals surface area contributed by atoms with Gasteiger partial charge in [0.05, 0.1) is 31.6 Å². The summed E-state index contributed by atoms with van der Waals surface area (Å²) in [4.78, 5) is 13.7. The number of hydrogen-bond donors (Lipinski definition) is 3. The maximum atomic E-state index is 12.0. The SMILES string of the molecule is C[C@H](O)CN(CC(=O)N[C@@H](C)c1ccco1)[C@@H](C)CO. The third-order valence-electron chi connectivity index (χ3n) is 3.08. The molecule has 1 rings (SSSR count). The quantitative estimate of drug-likeness (QED) is 0.648. The van der Waals surface area contributed by atoms with Gasteiger partial charge in [0.15, 0.2) is 0 Å². The largest absolute Gasteiger partial charge is 0.467 e. The molecular formula is C14H24N2O4. The Balaban J connectivity index is 2.53. The van der Waals surface area contributed by atoms with E-state index >= 15 is 0 Å². The summed E-state index contributed by atoms with van der Waals surface area (Å²) in [6.45, 7) is 5.70. The van der Waals surface area contributed by atoms with E-state index in [1.807, 2.05) is 13.8 Å².